The number of nitrogens with one attached hydrogen (secondary N) is 1. The van der Waals surface area contributed by atoms with E-state index in [9.17, 15) is 9.59 Å². The van der Waals surface area contributed by atoms with Crippen molar-refractivity contribution in [1.82, 2.24) is 9.66 Å². The first-order valence-electron chi connectivity index (χ1n) is 5.49. The molecule has 0 saturated heterocycles. The lowest BCUT2D eigenvalue weighted by Gasteiger charge is -2.11. The molecule has 1 N–H and O–H groups in total. The molecule has 2 rings (SSSR count). The number of hydrogen-bond donors (Lipinski definition) is 1. The van der Waals surface area contributed by atoms with E-state index in [0.717, 1.165) is 12.0 Å². The van der Waals surface area contributed by atoms with Gasteiger partial charge in [-0.1, -0.05) is 0 Å². The Bertz CT molecular complexity index is 588. The third kappa shape index (κ3) is 2.15. The molecule has 0 bridgehead atoms. The molecule has 92 valence electrons. The average molecular weight is 243 g/mol. The van der Waals surface area contributed by atoms with Gasteiger partial charge in [0.1, 0.15) is 0 Å². The van der Waals surface area contributed by atoms with Gasteiger partial charge in [0.25, 0.3) is 5.91 Å². The van der Waals surface area contributed by atoms with E-state index < -0.39 is 0 Å². The SMILES string of the molecule is Cc1cc(C=O)c(C)n1NC(=O)c1ccncc1. The highest BCUT2D eigenvalue weighted by molar-refractivity contribution is 6.00. The van der Waals surface area contributed by atoms with Crippen molar-refractivity contribution in [2.45, 2.75) is 13.8 Å². The molecule has 0 aliphatic carbocycles. The molecule has 1 amide bonds. The van der Waals surface area contributed by atoms with E-state index >= 15 is 0 Å². The van der Waals surface area contributed by atoms with Crippen molar-refractivity contribution in [3.8, 4) is 0 Å². The number of rotatable bonds is 3. The van der Waals surface area contributed by atoms with Crippen LogP contribution < -0.4 is 5.43 Å². The van der Waals surface area contributed by atoms with E-state index in [2.05, 4.69) is 10.4 Å². The summed E-state index contributed by atoms with van der Waals surface area (Å²) in [5.41, 5.74) is 5.35. The number of nitrogens with zero attached hydrogens (tertiary/aromatic N) is 2. The van der Waals surface area contributed by atoms with E-state index in [0.29, 0.717) is 16.8 Å². The molecule has 0 atom stereocenters. The summed E-state index contributed by atoms with van der Waals surface area (Å²) >= 11 is 0. The van der Waals surface area contributed by atoms with Crippen LogP contribution in [0.4, 0.5) is 0 Å². The van der Waals surface area contributed by atoms with Gasteiger partial charge in [0.2, 0.25) is 0 Å². The fourth-order valence-corrected chi connectivity index (χ4v) is 1.75. The molecule has 18 heavy (non-hydrogen) atoms. The van der Waals surface area contributed by atoms with E-state index in [1.165, 1.54) is 0 Å². The molecule has 0 aromatic carbocycles. The van der Waals surface area contributed by atoms with E-state index in [1.54, 1.807) is 42.2 Å². The van der Waals surface area contributed by atoms with Gasteiger partial charge in [0, 0.05) is 34.9 Å². The number of pyridine rings is 1. The zero-order valence-electron chi connectivity index (χ0n) is 10.2. The van der Waals surface area contributed by atoms with Crippen molar-refractivity contribution in [3.63, 3.8) is 0 Å². The zero-order valence-corrected chi connectivity index (χ0v) is 10.2. The van der Waals surface area contributed by atoms with Crippen molar-refractivity contribution in [1.29, 1.82) is 0 Å². The van der Waals surface area contributed by atoms with Gasteiger partial charge in [-0.25, -0.2) is 0 Å². The molecule has 5 nitrogen and oxygen atoms in total. The third-order valence-corrected chi connectivity index (χ3v) is 2.75. The Balaban J connectivity index is 2.27. The summed E-state index contributed by atoms with van der Waals surface area (Å²) < 4.78 is 1.60. The molecular weight excluding hydrogens is 230 g/mol. The first kappa shape index (κ1) is 12.0. The number of amides is 1. The van der Waals surface area contributed by atoms with Crippen LogP contribution in [0.2, 0.25) is 0 Å². The standard InChI is InChI=1S/C13H13N3O2/c1-9-7-12(8-17)10(2)16(9)15-13(18)11-3-5-14-6-4-11/h3-8H,1-2H3,(H,15,18). The summed E-state index contributed by atoms with van der Waals surface area (Å²) in [7, 11) is 0. The average Bonchev–Trinajstić information content (AvgIpc) is 2.67. The highest BCUT2D eigenvalue weighted by atomic mass is 16.2. The second kappa shape index (κ2) is 4.83. The molecule has 0 radical (unpaired) electrons. The molecular formula is C13H13N3O2. The van der Waals surface area contributed by atoms with Crippen LogP contribution in [0, 0.1) is 13.8 Å². The van der Waals surface area contributed by atoms with E-state index in [1.807, 2.05) is 6.92 Å². The third-order valence-electron chi connectivity index (χ3n) is 2.75. The molecule has 0 saturated carbocycles. The van der Waals surface area contributed by atoms with Crippen LogP contribution in [0.5, 0.6) is 0 Å². The number of aryl methyl sites for hydroxylation is 1. The van der Waals surface area contributed by atoms with Gasteiger partial charge in [-0.3, -0.25) is 24.7 Å². The maximum atomic E-state index is 12.0. The minimum atomic E-state index is -0.239. The Morgan fingerprint density at radius 3 is 2.56 bits per heavy atom. The number of carbonyl (C=O) groups is 2. The Hall–Kier alpha value is -2.43. The lowest BCUT2D eigenvalue weighted by Crippen LogP contribution is -2.24. The molecule has 0 spiro atoms. The van der Waals surface area contributed by atoms with Gasteiger partial charge in [0.05, 0.1) is 0 Å². The van der Waals surface area contributed by atoms with Crippen LogP contribution in [0.3, 0.4) is 0 Å². The summed E-state index contributed by atoms with van der Waals surface area (Å²) in [5, 5.41) is 0. The lowest BCUT2D eigenvalue weighted by atomic mass is 10.2. The van der Waals surface area contributed by atoms with Crippen molar-refractivity contribution >= 4 is 12.2 Å². The molecule has 2 heterocycles. The molecule has 0 unspecified atom stereocenters. The van der Waals surface area contributed by atoms with Crippen LogP contribution in [0.1, 0.15) is 32.1 Å². The van der Waals surface area contributed by atoms with Crippen LogP contribution in [-0.4, -0.2) is 21.9 Å². The number of aldehydes is 1. The van der Waals surface area contributed by atoms with Gasteiger partial charge in [-0.05, 0) is 32.0 Å². The molecule has 2 aromatic rings. The predicted octanol–water partition coefficient (Wildman–Crippen LogP) is 1.70. The summed E-state index contributed by atoms with van der Waals surface area (Å²) in [4.78, 5) is 26.6. The van der Waals surface area contributed by atoms with Crippen LogP contribution >= 0.6 is 0 Å². The smallest absolute Gasteiger partial charge is 0.270 e. The fraction of sp³-hybridized carbons (Fsp3) is 0.154. The maximum absolute atomic E-state index is 12.0. The number of aromatic nitrogens is 2. The molecule has 0 fully saturated rings. The fourth-order valence-electron chi connectivity index (χ4n) is 1.75. The maximum Gasteiger partial charge on any atom is 0.270 e. The van der Waals surface area contributed by atoms with Crippen molar-refractivity contribution in [2.24, 2.45) is 0 Å². The summed E-state index contributed by atoms with van der Waals surface area (Å²) in [6, 6.07) is 4.99. The second-order valence-corrected chi connectivity index (χ2v) is 3.96. The Morgan fingerprint density at radius 1 is 1.33 bits per heavy atom. The minimum absolute atomic E-state index is 0.239. The minimum Gasteiger partial charge on any atom is -0.298 e. The Morgan fingerprint density at radius 2 is 2.00 bits per heavy atom. The van der Waals surface area contributed by atoms with Gasteiger partial charge in [-0.15, -0.1) is 0 Å². The highest BCUT2D eigenvalue weighted by Crippen LogP contribution is 2.11. The normalized spacial score (nSPS) is 10.1. The second-order valence-electron chi connectivity index (χ2n) is 3.96. The van der Waals surface area contributed by atoms with Gasteiger partial charge >= 0.3 is 0 Å². The van der Waals surface area contributed by atoms with Crippen LogP contribution in [0.25, 0.3) is 0 Å². The van der Waals surface area contributed by atoms with Crippen molar-refractivity contribution in [2.75, 3.05) is 5.43 Å². The van der Waals surface area contributed by atoms with Crippen LogP contribution in [-0.2, 0) is 0 Å². The molecule has 2 aromatic heterocycles. The quantitative estimate of drug-likeness (QED) is 0.834. The topological polar surface area (TPSA) is 64.0 Å². The predicted molar refractivity (Wildman–Crippen MR) is 67.2 cm³/mol. The lowest BCUT2D eigenvalue weighted by molar-refractivity contribution is 0.101. The zero-order chi connectivity index (χ0) is 13.1. The largest absolute Gasteiger partial charge is 0.298 e. The molecule has 0 aliphatic rings. The monoisotopic (exact) mass is 243 g/mol. The van der Waals surface area contributed by atoms with Crippen molar-refractivity contribution in [3.05, 3.63) is 53.1 Å². The number of carbonyl (C=O) groups excluding carboxylic acids is 2. The first-order chi connectivity index (χ1) is 8.63. The molecule has 5 heteroatoms. The summed E-state index contributed by atoms with van der Waals surface area (Å²) in [6.45, 7) is 3.61. The molecule has 0 aliphatic heterocycles. The Kier molecular flexibility index (Phi) is 3.23. The van der Waals surface area contributed by atoms with Gasteiger partial charge in [-0.2, -0.15) is 0 Å². The van der Waals surface area contributed by atoms with E-state index in [4.69, 9.17) is 0 Å². The highest BCUT2D eigenvalue weighted by Gasteiger charge is 2.11. The summed E-state index contributed by atoms with van der Waals surface area (Å²) in [5.74, 6) is -0.239. The first-order valence-corrected chi connectivity index (χ1v) is 5.49. The van der Waals surface area contributed by atoms with Gasteiger partial charge < -0.3 is 0 Å². The van der Waals surface area contributed by atoms with Gasteiger partial charge in [0.15, 0.2) is 6.29 Å². The Labute approximate surface area is 104 Å². The van der Waals surface area contributed by atoms with Crippen molar-refractivity contribution < 1.29 is 9.59 Å². The number of hydrogen-bond acceptors (Lipinski definition) is 3. The van der Waals surface area contributed by atoms with E-state index in [-0.39, 0.29) is 5.91 Å². The van der Waals surface area contributed by atoms with Crippen LogP contribution in [0.15, 0.2) is 30.6 Å². The summed E-state index contributed by atoms with van der Waals surface area (Å²) in [6.07, 6.45) is 3.89.